The molecule has 0 radical (unpaired) electrons. The van der Waals surface area contributed by atoms with Gasteiger partial charge in [-0.05, 0) is 18.7 Å². The van der Waals surface area contributed by atoms with Crippen LogP contribution in [-0.2, 0) is 0 Å². The van der Waals surface area contributed by atoms with Crippen molar-refractivity contribution in [1.82, 2.24) is 5.32 Å². The quantitative estimate of drug-likeness (QED) is 0.461. The van der Waals surface area contributed by atoms with Crippen LogP contribution in [-0.4, -0.2) is 19.3 Å². The molecule has 10 heavy (non-hydrogen) atoms. The molecule has 0 amide bonds. The number of allylic oxidation sites excluding steroid dienone is 1. The van der Waals surface area contributed by atoms with Crippen LogP contribution in [0.3, 0.4) is 0 Å². The SMILES string of the molecule is CC=C(NC)SC(N)=NC. The van der Waals surface area contributed by atoms with E-state index in [0.717, 1.165) is 5.03 Å². The van der Waals surface area contributed by atoms with E-state index < -0.39 is 0 Å². The van der Waals surface area contributed by atoms with Gasteiger partial charge in [0.05, 0.1) is 5.03 Å². The van der Waals surface area contributed by atoms with E-state index in [0.29, 0.717) is 5.17 Å². The molecule has 0 rings (SSSR count). The summed E-state index contributed by atoms with van der Waals surface area (Å²) in [6.07, 6.45) is 1.95. The number of nitrogens with zero attached hydrogens (tertiary/aromatic N) is 1. The van der Waals surface area contributed by atoms with Gasteiger partial charge in [0.25, 0.3) is 0 Å². The second-order valence-electron chi connectivity index (χ2n) is 1.57. The second-order valence-corrected chi connectivity index (χ2v) is 2.63. The highest BCUT2D eigenvalue weighted by Gasteiger charge is 1.94. The smallest absolute Gasteiger partial charge is 0.159 e. The Morgan fingerprint density at radius 2 is 2.30 bits per heavy atom. The van der Waals surface area contributed by atoms with Crippen LogP contribution in [0.1, 0.15) is 6.92 Å². The minimum absolute atomic E-state index is 0.572. The van der Waals surface area contributed by atoms with Crippen molar-refractivity contribution < 1.29 is 0 Å². The van der Waals surface area contributed by atoms with Gasteiger partial charge in [0.15, 0.2) is 5.17 Å². The number of nitrogens with two attached hydrogens (primary N) is 1. The predicted molar refractivity (Wildman–Crippen MR) is 48.0 cm³/mol. The number of rotatable bonds is 2. The first-order chi connectivity index (χ1) is 4.74. The highest BCUT2D eigenvalue weighted by atomic mass is 32.2. The van der Waals surface area contributed by atoms with E-state index in [1.54, 1.807) is 7.05 Å². The van der Waals surface area contributed by atoms with E-state index in [-0.39, 0.29) is 0 Å². The zero-order chi connectivity index (χ0) is 7.98. The molecule has 0 unspecified atom stereocenters. The Morgan fingerprint density at radius 1 is 1.70 bits per heavy atom. The standard InChI is InChI=1S/C6H13N3S/c1-4-5(8-2)10-6(7)9-3/h4,8H,1-3H3,(H2,7,9). The molecule has 0 heterocycles. The molecule has 0 aliphatic heterocycles. The Labute approximate surface area is 65.8 Å². The molecule has 0 fully saturated rings. The Bertz CT molecular complexity index is 151. The lowest BCUT2D eigenvalue weighted by Gasteiger charge is -2.02. The first-order valence-electron chi connectivity index (χ1n) is 2.98. The molecule has 0 aromatic heterocycles. The highest BCUT2D eigenvalue weighted by molar-refractivity contribution is 8.17. The summed E-state index contributed by atoms with van der Waals surface area (Å²) in [4.78, 5) is 3.80. The molecule has 0 spiro atoms. The second kappa shape index (κ2) is 5.17. The highest BCUT2D eigenvalue weighted by Crippen LogP contribution is 2.10. The van der Waals surface area contributed by atoms with Gasteiger partial charge in [0.1, 0.15) is 0 Å². The summed E-state index contributed by atoms with van der Waals surface area (Å²) in [6.45, 7) is 1.95. The Hall–Kier alpha value is -0.640. The number of hydrogen-bond acceptors (Lipinski definition) is 3. The minimum atomic E-state index is 0.572. The van der Waals surface area contributed by atoms with Crippen LogP contribution >= 0.6 is 11.8 Å². The van der Waals surface area contributed by atoms with E-state index in [4.69, 9.17) is 5.73 Å². The summed E-state index contributed by atoms with van der Waals surface area (Å²) >= 11 is 1.42. The van der Waals surface area contributed by atoms with Crippen LogP contribution in [0.25, 0.3) is 0 Å². The third kappa shape index (κ3) is 3.40. The van der Waals surface area contributed by atoms with Crippen LogP contribution in [0.4, 0.5) is 0 Å². The van der Waals surface area contributed by atoms with E-state index in [9.17, 15) is 0 Å². The topological polar surface area (TPSA) is 50.4 Å². The molecule has 0 aromatic carbocycles. The van der Waals surface area contributed by atoms with Gasteiger partial charge in [-0.1, -0.05) is 6.08 Å². The average molecular weight is 159 g/mol. The predicted octanol–water partition coefficient (Wildman–Crippen LogP) is 0.745. The summed E-state index contributed by atoms with van der Waals surface area (Å²) < 4.78 is 0. The van der Waals surface area contributed by atoms with Crippen molar-refractivity contribution in [3.8, 4) is 0 Å². The number of aliphatic imine (C=N–C) groups is 1. The maximum Gasteiger partial charge on any atom is 0.159 e. The number of amidine groups is 1. The van der Waals surface area contributed by atoms with Crippen molar-refractivity contribution in [3.05, 3.63) is 11.1 Å². The van der Waals surface area contributed by atoms with E-state index in [2.05, 4.69) is 10.3 Å². The number of nitrogens with one attached hydrogen (secondary N) is 1. The molecule has 0 aromatic rings. The summed E-state index contributed by atoms with van der Waals surface area (Å²) in [5, 5.41) is 4.57. The normalized spacial score (nSPS) is 13.5. The monoisotopic (exact) mass is 159 g/mol. The van der Waals surface area contributed by atoms with Gasteiger partial charge in [-0.3, -0.25) is 4.99 Å². The summed E-state index contributed by atoms with van der Waals surface area (Å²) in [6, 6.07) is 0. The average Bonchev–Trinajstić information content (AvgIpc) is 1.99. The molecular formula is C6H13N3S. The maximum atomic E-state index is 5.46. The maximum absolute atomic E-state index is 5.46. The molecule has 3 N–H and O–H groups in total. The summed E-state index contributed by atoms with van der Waals surface area (Å²) in [5.41, 5.74) is 5.46. The van der Waals surface area contributed by atoms with Gasteiger partial charge < -0.3 is 11.1 Å². The largest absolute Gasteiger partial charge is 0.383 e. The third-order valence-corrected chi connectivity index (χ3v) is 1.99. The van der Waals surface area contributed by atoms with Crippen LogP contribution in [0, 0.1) is 0 Å². The molecule has 4 heteroatoms. The summed E-state index contributed by atoms with van der Waals surface area (Å²) in [7, 11) is 3.52. The van der Waals surface area contributed by atoms with Crippen molar-refractivity contribution >= 4 is 16.9 Å². The van der Waals surface area contributed by atoms with Crippen molar-refractivity contribution in [3.63, 3.8) is 0 Å². The Kier molecular flexibility index (Phi) is 4.84. The number of hydrogen-bond donors (Lipinski definition) is 2. The molecule has 0 atom stereocenters. The van der Waals surface area contributed by atoms with Crippen LogP contribution < -0.4 is 11.1 Å². The summed E-state index contributed by atoms with van der Waals surface area (Å²) in [5.74, 6) is 0. The Morgan fingerprint density at radius 3 is 2.60 bits per heavy atom. The van der Waals surface area contributed by atoms with Gasteiger partial charge in [-0.2, -0.15) is 0 Å². The van der Waals surface area contributed by atoms with Gasteiger partial charge in [-0.15, -0.1) is 0 Å². The van der Waals surface area contributed by atoms with Gasteiger partial charge in [0.2, 0.25) is 0 Å². The lowest BCUT2D eigenvalue weighted by atomic mass is 10.7. The van der Waals surface area contributed by atoms with Gasteiger partial charge >= 0.3 is 0 Å². The fourth-order valence-electron chi connectivity index (χ4n) is 0.413. The van der Waals surface area contributed by atoms with Crippen molar-refractivity contribution in [2.24, 2.45) is 10.7 Å². The zero-order valence-corrected chi connectivity index (χ0v) is 7.33. The molecule has 58 valence electrons. The molecule has 0 saturated heterocycles. The van der Waals surface area contributed by atoms with Crippen LogP contribution in [0.15, 0.2) is 16.1 Å². The zero-order valence-electron chi connectivity index (χ0n) is 6.51. The van der Waals surface area contributed by atoms with E-state index in [1.165, 1.54) is 11.8 Å². The van der Waals surface area contributed by atoms with Crippen molar-refractivity contribution in [2.75, 3.05) is 14.1 Å². The lowest BCUT2D eigenvalue weighted by Crippen LogP contribution is -2.11. The third-order valence-electron chi connectivity index (χ3n) is 0.944. The first-order valence-corrected chi connectivity index (χ1v) is 3.80. The molecule has 0 aliphatic carbocycles. The fourth-order valence-corrected chi connectivity index (χ4v) is 0.949. The first kappa shape index (κ1) is 9.36. The molecule has 0 saturated carbocycles. The van der Waals surface area contributed by atoms with Crippen LogP contribution in [0.5, 0.6) is 0 Å². The molecule has 0 aliphatic rings. The van der Waals surface area contributed by atoms with E-state index in [1.807, 2.05) is 20.0 Å². The van der Waals surface area contributed by atoms with Crippen LogP contribution in [0.2, 0.25) is 0 Å². The molecular weight excluding hydrogens is 146 g/mol. The number of thioether (sulfide) groups is 1. The van der Waals surface area contributed by atoms with Gasteiger partial charge in [-0.25, -0.2) is 0 Å². The minimum Gasteiger partial charge on any atom is -0.383 e. The van der Waals surface area contributed by atoms with Crippen molar-refractivity contribution in [1.29, 1.82) is 0 Å². The van der Waals surface area contributed by atoms with Crippen molar-refractivity contribution in [2.45, 2.75) is 6.92 Å². The van der Waals surface area contributed by atoms with Gasteiger partial charge in [0, 0.05) is 14.1 Å². The fraction of sp³-hybridized carbons (Fsp3) is 0.500. The lowest BCUT2D eigenvalue weighted by molar-refractivity contribution is 1.07. The molecule has 0 bridgehead atoms. The molecule has 3 nitrogen and oxygen atoms in total. The van der Waals surface area contributed by atoms with E-state index >= 15 is 0 Å². The Balaban J connectivity index is 3.88.